The van der Waals surface area contributed by atoms with Gasteiger partial charge in [-0.1, -0.05) is 13.8 Å². The number of carbonyl (C=O) groups is 1. The fourth-order valence-corrected chi connectivity index (χ4v) is 3.52. The maximum Gasteiger partial charge on any atom is 0.242 e. The van der Waals surface area contributed by atoms with E-state index in [4.69, 9.17) is 0 Å². The third-order valence-corrected chi connectivity index (χ3v) is 5.20. The van der Waals surface area contributed by atoms with E-state index in [0.717, 1.165) is 51.1 Å². The zero-order valence-electron chi connectivity index (χ0n) is 13.6. The van der Waals surface area contributed by atoms with Crippen LogP contribution in [0.4, 0.5) is 0 Å². The summed E-state index contributed by atoms with van der Waals surface area (Å²) in [5.74, 6) is 1.86. The molecule has 2 saturated heterocycles. The number of nitrogens with one attached hydrogen (secondary N) is 1. The molecule has 0 aromatic heterocycles. The highest BCUT2D eigenvalue weighted by Gasteiger charge is 2.39. The molecule has 2 heterocycles. The van der Waals surface area contributed by atoms with Crippen LogP contribution in [0.15, 0.2) is 0 Å². The average molecular weight is 281 g/mol. The van der Waals surface area contributed by atoms with Crippen molar-refractivity contribution < 1.29 is 4.79 Å². The minimum absolute atomic E-state index is 0.321. The summed E-state index contributed by atoms with van der Waals surface area (Å²) < 4.78 is 0. The van der Waals surface area contributed by atoms with Gasteiger partial charge in [0.05, 0.1) is 5.54 Å². The van der Waals surface area contributed by atoms with Crippen LogP contribution in [-0.2, 0) is 4.79 Å². The number of piperazine rings is 1. The standard InChI is InChI=1S/C16H31N3O/c1-13(2)14-5-9-18(10-6-14)15(20)16(3,4)19-11-7-17-8-12-19/h13-14,17H,5-12H2,1-4H3. The van der Waals surface area contributed by atoms with Crippen molar-refractivity contribution in [3.8, 4) is 0 Å². The predicted octanol–water partition coefficient (Wildman–Crippen LogP) is 1.56. The van der Waals surface area contributed by atoms with Gasteiger partial charge in [0.25, 0.3) is 0 Å². The number of amides is 1. The number of carbonyl (C=O) groups excluding carboxylic acids is 1. The van der Waals surface area contributed by atoms with Gasteiger partial charge in [0.15, 0.2) is 0 Å². The van der Waals surface area contributed by atoms with Gasteiger partial charge in [-0.05, 0) is 38.5 Å². The third-order valence-electron chi connectivity index (χ3n) is 5.20. The lowest BCUT2D eigenvalue weighted by molar-refractivity contribution is -0.144. The molecule has 4 heteroatoms. The maximum atomic E-state index is 12.9. The quantitative estimate of drug-likeness (QED) is 0.853. The van der Waals surface area contributed by atoms with Crippen molar-refractivity contribution >= 4 is 5.91 Å². The van der Waals surface area contributed by atoms with Crippen LogP contribution in [0.25, 0.3) is 0 Å². The lowest BCUT2D eigenvalue weighted by Gasteiger charge is -2.44. The molecule has 116 valence electrons. The normalized spacial score (nSPS) is 23.4. The molecule has 1 N–H and O–H groups in total. The first-order valence-electron chi connectivity index (χ1n) is 8.18. The van der Waals surface area contributed by atoms with Gasteiger partial charge in [-0.3, -0.25) is 9.69 Å². The fraction of sp³-hybridized carbons (Fsp3) is 0.938. The summed E-state index contributed by atoms with van der Waals surface area (Å²) in [6.45, 7) is 14.6. The molecule has 0 unspecified atom stereocenters. The molecule has 2 aliphatic heterocycles. The summed E-state index contributed by atoms with van der Waals surface area (Å²) in [6.07, 6.45) is 2.34. The Morgan fingerprint density at radius 1 is 1.10 bits per heavy atom. The predicted molar refractivity (Wildman–Crippen MR) is 82.7 cm³/mol. The zero-order chi connectivity index (χ0) is 14.8. The van der Waals surface area contributed by atoms with Crippen LogP contribution in [-0.4, -0.2) is 60.5 Å². The molecule has 0 atom stereocenters. The highest BCUT2D eigenvalue weighted by atomic mass is 16.2. The number of nitrogens with zero attached hydrogens (tertiary/aromatic N) is 2. The molecule has 0 spiro atoms. The van der Waals surface area contributed by atoms with Crippen molar-refractivity contribution in [3.63, 3.8) is 0 Å². The van der Waals surface area contributed by atoms with Crippen LogP contribution in [0.3, 0.4) is 0 Å². The van der Waals surface area contributed by atoms with Gasteiger partial charge in [0, 0.05) is 39.3 Å². The van der Waals surface area contributed by atoms with E-state index < -0.39 is 0 Å². The lowest BCUT2D eigenvalue weighted by atomic mass is 9.86. The van der Waals surface area contributed by atoms with Crippen molar-refractivity contribution in [2.45, 2.75) is 46.1 Å². The summed E-state index contributed by atoms with van der Waals surface area (Å²) in [7, 11) is 0. The molecule has 20 heavy (non-hydrogen) atoms. The smallest absolute Gasteiger partial charge is 0.242 e. The molecule has 2 fully saturated rings. The Morgan fingerprint density at radius 2 is 1.65 bits per heavy atom. The number of hydrogen-bond donors (Lipinski definition) is 1. The van der Waals surface area contributed by atoms with Crippen LogP contribution in [0, 0.1) is 11.8 Å². The largest absolute Gasteiger partial charge is 0.341 e. The molecule has 2 aliphatic rings. The minimum Gasteiger partial charge on any atom is -0.341 e. The van der Waals surface area contributed by atoms with Gasteiger partial charge in [0.1, 0.15) is 0 Å². The Kier molecular flexibility index (Phi) is 5.08. The van der Waals surface area contributed by atoms with E-state index in [1.807, 2.05) is 0 Å². The highest BCUT2D eigenvalue weighted by Crippen LogP contribution is 2.27. The Bertz CT molecular complexity index is 327. The Labute approximate surface area is 123 Å². The third kappa shape index (κ3) is 3.34. The summed E-state index contributed by atoms with van der Waals surface area (Å²) >= 11 is 0. The summed E-state index contributed by atoms with van der Waals surface area (Å²) in [5.41, 5.74) is -0.354. The van der Waals surface area contributed by atoms with Crippen LogP contribution < -0.4 is 5.32 Å². The van der Waals surface area contributed by atoms with Gasteiger partial charge < -0.3 is 10.2 Å². The number of hydrogen-bond acceptors (Lipinski definition) is 3. The highest BCUT2D eigenvalue weighted by molar-refractivity contribution is 5.85. The summed E-state index contributed by atoms with van der Waals surface area (Å²) in [5, 5.41) is 3.36. The van der Waals surface area contributed by atoms with Crippen LogP contribution >= 0.6 is 0 Å². The summed E-state index contributed by atoms with van der Waals surface area (Å²) in [6, 6.07) is 0. The van der Waals surface area contributed by atoms with E-state index in [1.54, 1.807) is 0 Å². The van der Waals surface area contributed by atoms with Crippen LogP contribution in [0.2, 0.25) is 0 Å². The van der Waals surface area contributed by atoms with E-state index in [0.29, 0.717) is 5.91 Å². The molecule has 0 saturated carbocycles. The van der Waals surface area contributed by atoms with E-state index in [1.165, 1.54) is 12.8 Å². The second kappa shape index (κ2) is 6.44. The Hall–Kier alpha value is -0.610. The van der Waals surface area contributed by atoms with Gasteiger partial charge in [-0.15, -0.1) is 0 Å². The van der Waals surface area contributed by atoms with Crippen molar-refractivity contribution in [1.29, 1.82) is 0 Å². The summed E-state index contributed by atoms with van der Waals surface area (Å²) in [4.78, 5) is 17.3. The molecule has 0 radical (unpaired) electrons. The second-order valence-corrected chi connectivity index (χ2v) is 7.17. The monoisotopic (exact) mass is 281 g/mol. The SMILES string of the molecule is CC(C)C1CCN(C(=O)C(C)(C)N2CCNCC2)CC1. The molecule has 0 aliphatic carbocycles. The first kappa shape index (κ1) is 15.8. The van der Waals surface area contributed by atoms with E-state index >= 15 is 0 Å². The second-order valence-electron chi connectivity index (χ2n) is 7.17. The molecule has 0 bridgehead atoms. The average Bonchev–Trinajstić information content (AvgIpc) is 2.47. The Morgan fingerprint density at radius 3 is 2.15 bits per heavy atom. The van der Waals surface area contributed by atoms with Crippen LogP contribution in [0.1, 0.15) is 40.5 Å². The van der Waals surface area contributed by atoms with Crippen molar-refractivity contribution in [3.05, 3.63) is 0 Å². The van der Waals surface area contributed by atoms with Gasteiger partial charge in [-0.2, -0.15) is 0 Å². The number of piperidine rings is 1. The molecule has 2 rings (SSSR count). The first-order chi connectivity index (χ1) is 9.43. The van der Waals surface area contributed by atoms with Crippen molar-refractivity contribution in [2.75, 3.05) is 39.3 Å². The van der Waals surface area contributed by atoms with E-state index in [-0.39, 0.29) is 5.54 Å². The minimum atomic E-state index is -0.354. The lowest BCUT2D eigenvalue weighted by Crippen LogP contribution is -2.61. The van der Waals surface area contributed by atoms with Gasteiger partial charge >= 0.3 is 0 Å². The van der Waals surface area contributed by atoms with Crippen LogP contribution in [0.5, 0.6) is 0 Å². The molecular formula is C16H31N3O. The molecule has 0 aromatic rings. The van der Waals surface area contributed by atoms with Crippen molar-refractivity contribution in [1.82, 2.24) is 15.1 Å². The topological polar surface area (TPSA) is 35.6 Å². The molecular weight excluding hydrogens is 250 g/mol. The maximum absolute atomic E-state index is 12.9. The van der Waals surface area contributed by atoms with E-state index in [9.17, 15) is 4.79 Å². The zero-order valence-corrected chi connectivity index (χ0v) is 13.6. The van der Waals surface area contributed by atoms with Gasteiger partial charge in [0.2, 0.25) is 5.91 Å². The fourth-order valence-electron chi connectivity index (χ4n) is 3.52. The first-order valence-corrected chi connectivity index (χ1v) is 8.18. The Balaban J connectivity index is 1.93. The number of rotatable bonds is 3. The van der Waals surface area contributed by atoms with E-state index in [2.05, 4.69) is 42.8 Å². The van der Waals surface area contributed by atoms with Crippen molar-refractivity contribution in [2.24, 2.45) is 11.8 Å². The molecule has 4 nitrogen and oxygen atoms in total. The molecule has 1 amide bonds. The molecule has 0 aromatic carbocycles. The van der Waals surface area contributed by atoms with Gasteiger partial charge in [-0.25, -0.2) is 0 Å². The number of likely N-dealkylation sites (tertiary alicyclic amines) is 1.